The smallest absolute Gasteiger partial charge is 0.314 e. The summed E-state index contributed by atoms with van der Waals surface area (Å²) < 4.78 is 2.54. The first-order valence-electron chi connectivity index (χ1n) is 11.2. The monoisotopic (exact) mass is 498 g/mol. The van der Waals surface area contributed by atoms with Crippen molar-refractivity contribution < 1.29 is 4.79 Å². The SMILES string of the molecule is CCCCCCN(C(=O)Nc1ccc(Br)cc1)C(CC)c1nc2ccccc2c(=O)n1C. The van der Waals surface area contributed by atoms with Crippen LogP contribution in [0.5, 0.6) is 0 Å². The minimum Gasteiger partial charge on any atom is -0.314 e. The number of amides is 2. The van der Waals surface area contributed by atoms with Crippen molar-refractivity contribution in [2.24, 2.45) is 7.05 Å². The zero-order chi connectivity index (χ0) is 23.1. The molecule has 170 valence electrons. The lowest BCUT2D eigenvalue weighted by Crippen LogP contribution is -2.41. The van der Waals surface area contributed by atoms with Gasteiger partial charge < -0.3 is 10.2 Å². The second kappa shape index (κ2) is 11.3. The van der Waals surface area contributed by atoms with Crippen LogP contribution in [0.15, 0.2) is 57.8 Å². The van der Waals surface area contributed by atoms with Crippen LogP contribution in [0.1, 0.15) is 57.8 Å². The van der Waals surface area contributed by atoms with Crippen LogP contribution in [0.25, 0.3) is 10.9 Å². The van der Waals surface area contributed by atoms with Gasteiger partial charge in [-0.15, -0.1) is 0 Å². The Balaban J connectivity index is 1.96. The van der Waals surface area contributed by atoms with Gasteiger partial charge in [0.25, 0.3) is 5.56 Å². The number of carbonyl (C=O) groups excluding carboxylic acids is 1. The van der Waals surface area contributed by atoms with E-state index in [2.05, 4.69) is 28.2 Å². The summed E-state index contributed by atoms with van der Waals surface area (Å²) in [5.74, 6) is 0.609. The number of halogens is 1. The molecule has 2 amide bonds. The molecule has 7 heteroatoms. The summed E-state index contributed by atoms with van der Waals surface area (Å²) in [6.07, 6.45) is 4.87. The van der Waals surface area contributed by atoms with Crippen molar-refractivity contribution in [2.45, 2.75) is 52.0 Å². The fraction of sp³-hybridized carbons (Fsp3) is 0.400. The molecule has 0 bridgehead atoms. The molecule has 0 aliphatic heterocycles. The van der Waals surface area contributed by atoms with Gasteiger partial charge in [-0.25, -0.2) is 9.78 Å². The summed E-state index contributed by atoms with van der Waals surface area (Å²) in [6, 6.07) is 14.4. The van der Waals surface area contributed by atoms with Gasteiger partial charge >= 0.3 is 6.03 Å². The minimum absolute atomic E-state index is 0.0942. The molecule has 0 fully saturated rings. The number of carbonyl (C=O) groups is 1. The van der Waals surface area contributed by atoms with E-state index in [-0.39, 0.29) is 17.6 Å². The molecule has 0 aliphatic rings. The number of rotatable bonds is 9. The van der Waals surface area contributed by atoms with E-state index in [0.29, 0.717) is 29.7 Å². The Kier molecular flexibility index (Phi) is 8.45. The van der Waals surface area contributed by atoms with Crippen LogP contribution in [0.3, 0.4) is 0 Å². The number of aromatic nitrogens is 2. The number of unbranched alkanes of at least 4 members (excludes halogenated alkanes) is 3. The topological polar surface area (TPSA) is 67.2 Å². The molecule has 1 N–H and O–H groups in total. The van der Waals surface area contributed by atoms with Gasteiger partial charge in [-0.1, -0.05) is 61.2 Å². The van der Waals surface area contributed by atoms with Crippen molar-refractivity contribution in [3.63, 3.8) is 0 Å². The Morgan fingerprint density at radius 1 is 1.09 bits per heavy atom. The summed E-state index contributed by atoms with van der Waals surface area (Å²) in [6.45, 7) is 4.79. The van der Waals surface area contributed by atoms with Crippen LogP contribution >= 0.6 is 15.9 Å². The number of anilines is 1. The van der Waals surface area contributed by atoms with Crippen LogP contribution in [0.2, 0.25) is 0 Å². The van der Waals surface area contributed by atoms with Gasteiger partial charge in [-0.05, 0) is 49.2 Å². The molecule has 1 unspecified atom stereocenters. The normalized spacial score (nSPS) is 12.0. The number of fused-ring (bicyclic) bond motifs is 1. The van der Waals surface area contributed by atoms with E-state index >= 15 is 0 Å². The zero-order valence-electron chi connectivity index (χ0n) is 19.0. The molecule has 0 saturated carbocycles. The average Bonchev–Trinajstić information content (AvgIpc) is 2.80. The highest BCUT2D eigenvalue weighted by Gasteiger charge is 2.27. The largest absolute Gasteiger partial charge is 0.322 e. The maximum absolute atomic E-state index is 13.4. The lowest BCUT2D eigenvalue weighted by Gasteiger charge is -2.32. The Hall–Kier alpha value is -2.67. The highest BCUT2D eigenvalue weighted by atomic mass is 79.9. The van der Waals surface area contributed by atoms with Gasteiger partial charge in [0.15, 0.2) is 0 Å². The summed E-state index contributed by atoms with van der Waals surface area (Å²) in [5, 5.41) is 3.60. The summed E-state index contributed by atoms with van der Waals surface area (Å²) in [5.41, 5.74) is 1.29. The lowest BCUT2D eigenvalue weighted by atomic mass is 10.1. The van der Waals surface area contributed by atoms with Crippen molar-refractivity contribution in [1.82, 2.24) is 14.5 Å². The third-order valence-electron chi connectivity index (χ3n) is 5.69. The summed E-state index contributed by atoms with van der Waals surface area (Å²) >= 11 is 3.43. The quantitative estimate of drug-likeness (QED) is 0.354. The molecule has 0 aliphatic carbocycles. The molecular formula is C25H31BrN4O2. The molecule has 3 rings (SSSR count). The van der Waals surface area contributed by atoms with E-state index in [1.807, 2.05) is 54.3 Å². The molecule has 6 nitrogen and oxygen atoms in total. The molecule has 1 heterocycles. The fourth-order valence-corrected chi connectivity index (χ4v) is 4.18. The molecule has 32 heavy (non-hydrogen) atoms. The van der Waals surface area contributed by atoms with Crippen molar-refractivity contribution >= 4 is 38.6 Å². The molecule has 0 saturated heterocycles. The van der Waals surface area contributed by atoms with E-state index in [4.69, 9.17) is 4.98 Å². The number of benzene rings is 2. The van der Waals surface area contributed by atoms with E-state index < -0.39 is 0 Å². The van der Waals surface area contributed by atoms with E-state index in [1.54, 1.807) is 17.7 Å². The van der Waals surface area contributed by atoms with Crippen molar-refractivity contribution in [1.29, 1.82) is 0 Å². The molecule has 3 aromatic rings. The molecule has 0 spiro atoms. The first-order chi connectivity index (χ1) is 15.5. The third kappa shape index (κ3) is 5.57. The van der Waals surface area contributed by atoms with Gasteiger partial charge in [0.2, 0.25) is 0 Å². The molecule has 0 radical (unpaired) electrons. The van der Waals surface area contributed by atoms with Crippen LogP contribution in [0.4, 0.5) is 10.5 Å². The van der Waals surface area contributed by atoms with Crippen molar-refractivity contribution in [3.05, 3.63) is 69.2 Å². The Morgan fingerprint density at radius 2 is 1.81 bits per heavy atom. The highest BCUT2D eigenvalue weighted by Crippen LogP contribution is 2.25. The maximum Gasteiger partial charge on any atom is 0.322 e. The van der Waals surface area contributed by atoms with Crippen LogP contribution in [-0.2, 0) is 7.05 Å². The number of nitrogens with zero attached hydrogens (tertiary/aromatic N) is 3. The Morgan fingerprint density at radius 3 is 2.50 bits per heavy atom. The van der Waals surface area contributed by atoms with E-state index in [0.717, 1.165) is 35.8 Å². The fourth-order valence-electron chi connectivity index (χ4n) is 3.91. The molecule has 1 aromatic heterocycles. The van der Waals surface area contributed by atoms with Gasteiger partial charge in [0, 0.05) is 23.8 Å². The van der Waals surface area contributed by atoms with Crippen LogP contribution in [0, 0.1) is 0 Å². The van der Waals surface area contributed by atoms with Gasteiger partial charge in [-0.3, -0.25) is 9.36 Å². The maximum atomic E-state index is 13.4. The summed E-state index contributed by atoms with van der Waals surface area (Å²) in [4.78, 5) is 33.0. The Labute approximate surface area is 197 Å². The number of para-hydroxylation sites is 1. The third-order valence-corrected chi connectivity index (χ3v) is 6.22. The van der Waals surface area contributed by atoms with Gasteiger partial charge in [-0.2, -0.15) is 0 Å². The highest BCUT2D eigenvalue weighted by molar-refractivity contribution is 9.10. The second-order valence-electron chi connectivity index (χ2n) is 7.97. The van der Waals surface area contributed by atoms with Crippen LogP contribution in [-0.4, -0.2) is 27.0 Å². The number of urea groups is 1. The van der Waals surface area contributed by atoms with Crippen LogP contribution < -0.4 is 10.9 Å². The van der Waals surface area contributed by atoms with Gasteiger partial charge in [0.1, 0.15) is 5.82 Å². The predicted molar refractivity (Wildman–Crippen MR) is 134 cm³/mol. The van der Waals surface area contributed by atoms with Gasteiger partial charge in [0.05, 0.1) is 16.9 Å². The first kappa shape index (κ1) is 24.0. The van der Waals surface area contributed by atoms with Crippen molar-refractivity contribution in [2.75, 3.05) is 11.9 Å². The number of hydrogen-bond donors (Lipinski definition) is 1. The second-order valence-corrected chi connectivity index (χ2v) is 8.88. The lowest BCUT2D eigenvalue weighted by molar-refractivity contribution is 0.178. The average molecular weight is 499 g/mol. The molecule has 2 aromatic carbocycles. The number of nitrogens with one attached hydrogen (secondary N) is 1. The van der Waals surface area contributed by atoms with E-state index in [9.17, 15) is 9.59 Å². The molecular weight excluding hydrogens is 468 g/mol. The standard InChI is InChI=1S/C25H31BrN4O2/c1-4-6-7-10-17-30(25(32)27-19-15-13-18(26)14-16-19)22(5-2)23-28-21-12-9-8-11-20(21)24(31)29(23)3/h8-9,11-16,22H,4-7,10,17H2,1-3H3,(H,27,32). The molecule has 1 atom stereocenters. The minimum atomic E-state index is -0.311. The van der Waals surface area contributed by atoms with E-state index in [1.165, 1.54) is 0 Å². The summed E-state index contributed by atoms with van der Waals surface area (Å²) in [7, 11) is 1.74. The Bertz CT molecular complexity index is 1110. The zero-order valence-corrected chi connectivity index (χ0v) is 20.6. The number of hydrogen-bond acceptors (Lipinski definition) is 3. The first-order valence-corrected chi connectivity index (χ1v) is 12.0. The predicted octanol–water partition coefficient (Wildman–Crippen LogP) is 6.26. The van der Waals surface area contributed by atoms with Crippen molar-refractivity contribution in [3.8, 4) is 0 Å².